The van der Waals surface area contributed by atoms with Crippen molar-refractivity contribution in [3.05, 3.63) is 85.1 Å². The number of esters is 3. The molecule has 0 fully saturated rings. The Balaban J connectivity index is 4.41. The molecule has 1 unspecified atom stereocenters. The van der Waals surface area contributed by atoms with Crippen LogP contribution in [0.25, 0.3) is 0 Å². The lowest BCUT2D eigenvalue weighted by Crippen LogP contribution is -2.30. The third-order valence-corrected chi connectivity index (χ3v) is 14.4. The van der Waals surface area contributed by atoms with Gasteiger partial charge in [0.15, 0.2) is 6.10 Å². The number of rotatable bonds is 60. The van der Waals surface area contributed by atoms with Crippen molar-refractivity contribution in [3.8, 4) is 0 Å². The molecule has 0 aliphatic rings. The fraction of sp³-hybridized carbons (Fsp3) is 0.761. The SMILES string of the molecule is CC/C=C\C/C=C\C/C=C\C/C=C\CCCCCCC(=O)OCC(COC(=O)CCCCCCCC/C=C\C/C=C\C/C=C\CCCCCCC)OC(=O)CCCCCCCCCCCCCCCCCCCCCCC. The number of ether oxygens (including phenoxy) is 3. The minimum Gasteiger partial charge on any atom is -0.462 e. The quantitative estimate of drug-likeness (QED) is 0.0261. The molecule has 444 valence electrons. The number of unbranched alkanes of at least 4 members (excludes halogenated alkanes) is 35. The van der Waals surface area contributed by atoms with Crippen molar-refractivity contribution >= 4 is 17.9 Å². The average Bonchev–Trinajstić information content (AvgIpc) is 3.43. The third kappa shape index (κ3) is 63.3. The van der Waals surface area contributed by atoms with E-state index in [4.69, 9.17) is 14.2 Å². The maximum Gasteiger partial charge on any atom is 0.306 e. The van der Waals surface area contributed by atoms with Crippen molar-refractivity contribution in [2.24, 2.45) is 0 Å². The smallest absolute Gasteiger partial charge is 0.306 e. The van der Waals surface area contributed by atoms with Gasteiger partial charge in [0.1, 0.15) is 13.2 Å². The molecule has 0 radical (unpaired) electrons. The van der Waals surface area contributed by atoms with Gasteiger partial charge in [0.05, 0.1) is 0 Å². The van der Waals surface area contributed by atoms with Crippen molar-refractivity contribution in [2.75, 3.05) is 13.2 Å². The van der Waals surface area contributed by atoms with E-state index in [1.165, 1.54) is 173 Å². The lowest BCUT2D eigenvalue weighted by molar-refractivity contribution is -0.167. The van der Waals surface area contributed by atoms with Crippen molar-refractivity contribution in [3.63, 3.8) is 0 Å². The molecule has 0 bridgehead atoms. The number of hydrogen-bond acceptors (Lipinski definition) is 6. The van der Waals surface area contributed by atoms with E-state index in [0.717, 1.165) is 116 Å². The molecule has 6 heteroatoms. The van der Waals surface area contributed by atoms with E-state index in [-0.39, 0.29) is 31.1 Å². The molecule has 0 aliphatic heterocycles. The Labute approximate surface area is 477 Å². The summed E-state index contributed by atoms with van der Waals surface area (Å²) in [5, 5.41) is 0. The van der Waals surface area contributed by atoms with Crippen LogP contribution < -0.4 is 0 Å². The zero-order valence-corrected chi connectivity index (χ0v) is 51.0. The Morgan fingerprint density at radius 1 is 0.273 bits per heavy atom. The average molecular weight is 1070 g/mol. The van der Waals surface area contributed by atoms with Gasteiger partial charge >= 0.3 is 17.9 Å². The van der Waals surface area contributed by atoms with Gasteiger partial charge in [-0.3, -0.25) is 14.4 Å². The molecule has 0 saturated carbocycles. The maximum atomic E-state index is 12.9. The fourth-order valence-electron chi connectivity index (χ4n) is 9.44. The Morgan fingerprint density at radius 2 is 0.506 bits per heavy atom. The minimum absolute atomic E-state index is 0.0892. The first-order valence-electron chi connectivity index (χ1n) is 33.1. The Kier molecular flexibility index (Phi) is 62.2. The standard InChI is InChI=1S/C71H124O6/c1-4-7-10-13-16-19-22-25-28-31-33-35-37-40-43-46-49-52-55-58-61-64-70(73)76-67-68(66-75-69(72)63-60-57-54-51-48-45-42-39-30-27-24-21-18-15-12-9-6-3)77-71(74)65-62-59-56-53-50-47-44-41-38-36-34-32-29-26-23-20-17-14-11-8-5-2/h9,12,18,21-22,25,27,30-31,33,37,40,42,45,68H,4-8,10-11,13-17,19-20,23-24,26,28-29,32,34-36,38-39,41,43-44,46-67H2,1-3H3/b12-9-,21-18-,25-22-,30-27-,33-31-,40-37-,45-42-. The molecule has 0 saturated heterocycles. The minimum atomic E-state index is -0.793. The highest BCUT2D eigenvalue weighted by atomic mass is 16.6. The first-order chi connectivity index (χ1) is 38.0. The molecule has 0 heterocycles. The summed E-state index contributed by atoms with van der Waals surface area (Å²) >= 11 is 0. The Hall–Kier alpha value is -3.41. The third-order valence-electron chi connectivity index (χ3n) is 14.4. The summed E-state index contributed by atoms with van der Waals surface area (Å²) in [6.45, 7) is 6.53. The van der Waals surface area contributed by atoms with E-state index in [9.17, 15) is 14.4 Å². The van der Waals surface area contributed by atoms with Crippen LogP contribution in [0.2, 0.25) is 0 Å². The lowest BCUT2D eigenvalue weighted by atomic mass is 10.0. The first-order valence-corrected chi connectivity index (χ1v) is 33.1. The van der Waals surface area contributed by atoms with Crippen molar-refractivity contribution in [1.29, 1.82) is 0 Å². The van der Waals surface area contributed by atoms with Crippen molar-refractivity contribution in [2.45, 2.75) is 335 Å². The first kappa shape index (κ1) is 73.6. The molecular weight excluding hydrogens is 949 g/mol. The Bertz CT molecular complexity index is 1470. The van der Waals surface area contributed by atoms with Gasteiger partial charge in [-0.15, -0.1) is 0 Å². The van der Waals surface area contributed by atoms with Gasteiger partial charge in [-0.05, 0) is 96.3 Å². The van der Waals surface area contributed by atoms with E-state index >= 15 is 0 Å². The molecule has 77 heavy (non-hydrogen) atoms. The molecule has 0 aromatic heterocycles. The molecule has 0 aromatic carbocycles. The lowest BCUT2D eigenvalue weighted by Gasteiger charge is -2.18. The van der Waals surface area contributed by atoms with Gasteiger partial charge in [0, 0.05) is 19.3 Å². The molecule has 0 rings (SSSR count). The van der Waals surface area contributed by atoms with Crippen LogP contribution >= 0.6 is 0 Å². The second-order valence-corrected chi connectivity index (χ2v) is 22.0. The summed E-state index contributed by atoms with van der Waals surface area (Å²) in [5.41, 5.74) is 0. The highest BCUT2D eigenvalue weighted by Crippen LogP contribution is 2.17. The molecule has 6 nitrogen and oxygen atoms in total. The van der Waals surface area contributed by atoms with Crippen LogP contribution in [0.3, 0.4) is 0 Å². The predicted octanol–water partition coefficient (Wildman–Crippen LogP) is 22.7. The van der Waals surface area contributed by atoms with E-state index in [2.05, 4.69) is 106 Å². The van der Waals surface area contributed by atoms with Crippen molar-refractivity contribution < 1.29 is 28.6 Å². The molecule has 0 N–H and O–H groups in total. The molecule has 0 aromatic rings. The summed E-state index contributed by atoms with van der Waals surface area (Å²) in [5.74, 6) is -0.909. The van der Waals surface area contributed by atoms with Gasteiger partial charge in [-0.1, -0.05) is 298 Å². The van der Waals surface area contributed by atoms with Gasteiger partial charge in [0.25, 0.3) is 0 Å². The van der Waals surface area contributed by atoms with Gasteiger partial charge in [-0.25, -0.2) is 0 Å². The van der Waals surface area contributed by atoms with Crippen LogP contribution in [0, 0.1) is 0 Å². The monoisotopic (exact) mass is 1070 g/mol. The topological polar surface area (TPSA) is 78.9 Å². The number of hydrogen-bond donors (Lipinski definition) is 0. The van der Waals surface area contributed by atoms with Crippen LogP contribution in [0.15, 0.2) is 85.1 Å². The van der Waals surface area contributed by atoms with Gasteiger partial charge in [0.2, 0.25) is 0 Å². The van der Waals surface area contributed by atoms with E-state index in [0.29, 0.717) is 19.3 Å². The van der Waals surface area contributed by atoms with Crippen LogP contribution in [0.1, 0.15) is 329 Å². The maximum absolute atomic E-state index is 12.9. The van der Waals surface area contributed by atoms with Gasteiger partial charge < -0.3 is 14.2 Å². The zero-order chi connectivity index (χ0) is 55.7. The van der Waals surface area contributed by atoms with E-state index < -0.39 is 6.10 Å². The second kappa shape index (κ2) is 65.1. The van der Waals surface area contributed by atoms with Crippen LogP contribution in [-0.2, 0) is 28.6 Å². The van der Waals surface area contributed by atoms with Crippen molar-refractivity contribution in [1.82, 2.24) is 0 Å². The largest absolute Gasteiger partial charge is 0.462 e. The zero-order valence-electron chi connectivity index (χ0n) is 51.0. The normalized spacial score (nSPS) is 12.6. The predicted molar refractivity (Wildman–Crippen MR) is 334 cm³/mol. The van der Waals surface area contributed by atoms with Crippen LogP contribution in [-0.4, -0.2) is 37.2 Å². The fourth-order valence-corrected chi connectivity index (χ4v) is 9.44. The summed E-state index contributed by atoms with van der Waals surface area (Å²) in [6.07, 6.45) is 85.9. The molecule has 0 spiro atoms. The van der Waals surface area contributed by atoms with Crippen LogP contribution in [0.4, 0.5) is 0 Å². The van der Waals surface area contributed by atoms with E-state index in [1.54, 1.807) is 0 Å². The summed E-state index contributed by atoms with van der Waals surface area (Å²) in [4.78, 5) is 38.4. The summed E-state index contributed by atoms with van der Waals surface area (Å²) in [6, 6.07) is 0. The highest BCUT2D eigenvalue weighted by molar-refractivity contribution is 5.71. The van der Waals surface area contributed by atoms with Crippen LogP contribution in [0.5, 0.6) is 0 Å². The number of carbonyl (C=O) groups is 3. The highest BCUT2D eigenvalue weighted by Gasteiger charge is 2.19. The van der Waals surface area contributed by atoms with Gasteiger partial charge in [-0.2, -0.15) is 0 Å². The number of allylic oxidation sites excluding steroid dienone is 14. The summed E-state index contributed by atoms with van der Waals surface area (Å²) < 4.78 is 16.9. The summed E-state index contributed by atoms with van der Waals surface area (Å²) in [7, 11) is 0. The second-order valence-electron chi connectivity index (χ2n) is 22.0. The molecular formula is C71H124O6. The molecule has 0 amide bonds. The number of carbonyl (C=O) groups excluding carboxylic acids is 3. The molecule has 1 atom stereocenters. The molecule has 0 aliphatic carbocycles. The van der Waals surface area contributed by atoms with E-state index in [1.807, 2.05) is 0 Å². The Morgan fingerprint density at radius 3 is 0.792 bits per heavy atom.